The van der Waals surface area contributed by atoms with Crippen molar-refractivity contribution in [3.05, 3.63) is 0 Å². The van der Waals surface area contributed by atoms with E-state index in [1.807, 2.05) is 0 Å². The molecular weight excluding hydrogens is 212 g/mol. The smallest absolute Gasteiger partial charge is 0.0692 e. The van der Waals surface area contributed by atoms with Crippen LogP contribution >= 0.6 is 0 Å². The molecule has 0 aromatic rings. The van der Waals surface area contributed by atoms with Gasteiger partial charge in [0.1, 0.15) is 0 Å². The van der Waals surface area contributed by atoms with Crippen molar-refractivity contribution in [2.24, 2.45) is 5.92 Å². The molecule has 100 valence electrons. The molecule has 2 aliphatic rings. The van der Waals surface area contributed by atoms with Crippen LogP contribution in [-0.4, -0.2) is 59.8 Å². The lowest BCUT2D eigenvalue weighted by molar-refractivity contribution is 0.00994. The lowest BCUT2D eigenvalue weighted by atomic mass is 9.97. The number of β-amino-alcohol motifs (C(OH)–C–C–N with tert-alkyl or cyclic N) is 1. The minimum Gasteiger partial charge on any atom is -0.392 e. The van der Waals surface area contributed by atoms with Crippen LogP contribution in [0.2, 0.25) is 0 Å². The van der Waals surface area contributed by atoms with Crippen molar-refractivity contribution in [1.29, 1.82) is 0 Å². The van der Waals surface area contributed by atoms with Crippen molar-refractivity contribution in [1.82, 2.24) is 9.80 Å². The fourth-order valence-corrected chi connectivity index (χ4v) is 3.10. The summed E-state index contributed by atoms with van der Waals surface area (Å²) in [4.78, 5) is 5.12. The molecule has 2 aliphatic heterocycles. The monoisotopic (exact) mass is 240 g/mol. The number of aliphatic hydroxyl groups excluding tert-OH is 1. The molecule has 3 unspecified atom stereocenters. The molecule has 0 bridgehead atoms. The van der Waals surface area contributed by atoms with Gasteiger partial charge in [0.25, 0.3) is 0 Å². The fourth-order valence-electron chi connectivity index (χ4n) is 3.10. The van der Waals surface area contributed by atoms with Crippen LogP contribution in [0.1, 0.15) is 39.5 Å². The molecule has 3 atom stereocenters. The summed E-state index contributed by atoms with van der Waals surface area (Å²) in [5.74, 6) is 0.430. The Labute approximate surface area is 106 Å². The maximum absolute atomic E-state index is 10.1. The summed E-state index contributed by atoms with van der Waals surface area (Å²) in [6.45, 7) is 10.0. The summed E-state index contributed by atoms with van der Waals surface area (Å²) < 4.78 is 0. The van der Waals surface area contributed by atoms with Crippen molar-refractivity contribution in [2.45, 2.75) is 51.7 Å². The van der Waals surface area contributed by atoms with E-state index in [9.17, 15) is 5.11 Å². The third-order valence-electron chi connectivity index (χ3n) is 4.67. The number of piperidine rings is 1. The van der Waals surface area contributed by atoms with E-state index in [1.165, 1.54) is 38.9 Å². The van der Waals surface area contributed by atoms with Crippen LogP contribution < -0.4 is 0 Å². The average molecular weight is 240 g/mol. The van der Waals surface area contributed by atoms with Crippen LogP contribution in [-0.2, 0) is 0 Å². The Bertz CT molecular complexity index is 232. The number of rotatable bonds is 4. The van der Waals surface area contributed by atoms with E-state index in [0.717, 1.165) is 25.6 Å². The van der Waals surface area contributed by atoms with Crippen molar-refractivity contribution in [2.75, 3.05) is 32.7 Å². The normalized spacial score (nSPS) is 30.9. The summed E-state index contributed by atoms with van der Waals surface area (Å²) in [6, 6.07) is 0.765. The number of hydrogen-bond donors (Lipinski definition) is 1. The summed E-state index contributed by atoms with van der Waals surface area (Å²) in [5, 5.41) is 10.1. The van der Waals surface area contributed by atoms with Crippen LogP contribution in [0.3, 0.4) is 0 Å². The fraction of sp³-hybridized carbons (Fsp3) is 1.00. The van der Waals surface area contributed by atoms with Gasteiger partial charge in [0.05, 0.1) is 6.10 Å². The Morgan fingerprint density at radius 3 is 2.82 bits per heavy atom. The number of nitrogens with zero attached hydrogens (tertiary/aromatic N) is 2. The van der Waals surface area contributed by atoms with Gasteiger partial charge in [-0.05, 0) is 25.3 Å². The van der Waals surface area contributed by atoms with Crippen molar-refractivity contribution in [3.8, 4) is 0 Å². The van der Waals surface area contributed by atoms with Gasteiger partial charge in [0.15, 0.2) is 0 Å². The van der Waals surface area contributed by atoms with Gasteiger partial charge in [0.2, 0.25) is 0 Å². The second-order valence-corrected chi connectivity index (χ2v) is 5.90. The summed E-state index contributed by atoms with van der Waals surface area (Å²) in [7, 11) is 0. The van der Waals surface area contributed by atoms with E-state index in [4.69, 9.17) is 0 Å². The Morgan fingerprint density at radius 1 is 1.24 bits per heavy atom. The van der Waals surface area contributed by atoms with Gasteiger partial charge in [-0.3, -0.25) is 9.80 Å². The molecule has 2 fully saturated rings. The quantitative estimate of drug-likeness (QED) is 0.808. The zero-order chi connectivity index (χ0) is 12.3. The molecule has 2 rings (SSSR count). The topological polar surface area (TPSA) is 26.7 Å². The predicted molar refractivity (Wildman–Crippen MR) is 71.1 cm³/mol. The van der Waals surface area contributed by atoms with Gasteiger partial charge >= 0.3 is 0 Å². The van der Waals surface area contributed by atoms with Crippen molar-refractivity contribution in [3.63, 3.8) is 0 Å². The maximum Gasteiger partial charge on any atom is 0.0692 e. The second kappa shape index (κ2) is 6.17. The minimum atomic E-state index is -0.143. The largest absolute Gasteiger partial charge is 0.392 e. The van der Waals surface area contributed by atoms with Crippen LogP contribution in [0, 0.1) is 5.92 Å². The Morgan fingerprint density at radius 2 is 2.06 bits per heavy atom. The second-order valence-electron chi connectivity index (χ2n) is 5.90. The summed E-state index contributed by atoms with van der Waals surface area (Å²) in [6.07, 6.45) is 5.06. The third-order valence-corrected chi connectivity index (χ3v) is 4.67. The van der Waals surface area contributed by atoms with Gasteiger partial charge in [-0.1, -0.05) is 26.7 Å². The predicted octanol–water partition coefficient (Wildman–Crippen LogP) is 1.56. The number of aliphatic hydroxyl groups is 1. The molecule has 2 saturated heterocycles. The number of piperazine rings is 1. The lowest BCUT2D eigenvalue weighted by Gasteiger charge is -2.44. The van der Waals surface area contributed by atoms with Crippen LogP contribution in [0.4, 0.5) is 0 Å². The maximum atomic E-state index is 10.1. The molecule has 0 saturated carbocycles. The molecular formula is C14H28N2O. The standard InChI is InChI=1S/C14H28N2O/c1-3-12(2)14(17)11-15-8-9-16-7-5-4-6-13(16)10-15/h12-14,17H,3-11H2,1-2H3. The molecule has 0 aliphatic carbocycles. The average Bonchev–Trinajstić information content (AvgIpc) is 2.37. The molecule has 2 heterocycles. The summed E-state index contributed by atoms with van der Waals surface area (Å²) >= 11 is 0. The summed E-state index contributed by atoms with van der Waals surface area (Å²) in [5.41, 5.74) is 0. The highest BCUT2D eigenvalue weighted by Crippen LogP contribution is 2.21. The molecule has 0 radical (unpaired) electrons. The van der Waals surface area contributed by atoms with Crippen LogP contribution in [0.5, 0.6) is 0 Å². The van der Waals surface area contributed by atoms with E-state index in [2.05, 4.69) is 23.6 Å². The zero-order valence-corrected chi connectivity index (χ0v) is 11.4. The van der Waals surface area contributed by atoms with E-state index < -0.39 is 0 Å². The third kappa shape index (κ3) is 3.43. The first-order chi connectivity index (χ1) is 8.20. The SMILES string of the molecule is CCC(C)C(O)CN1CCN2CCCCC2C1. The van der Waals surface area contributed by atoms with Crippen molar-refractivity contribution >= 4 is 0 Å². The van der Waals surface area contributed by atoms with Gasteiger partial charge in [-0.2, -0.15) is 0 Å². The Hall–Kier alpha value is -0.120. The highest BCUT2D eigenvalue weighted by molar-refractivity contribution is 4.86. The van der Waals surface area contributed by atoms with Crippen LogP contribution in [0.25, 0.3) is 0 Å². The van der Waals surface area contributed by atoms with Gasteiger partial charge < -0.3 is 5.11 Å². The number of fused-ring (bicyclic) bond motifs is 1. The molecule has 0 amide bonds. The lowest BCUT2D eigenvalue weighted by Crippen LogP contribution is -2.56. The van der Waals surface area contributed by atoms with Gasteiger partial charge in [-0.25, -0.2) is 0 Å². The molecule has 0 spiro atoms. The Balaban J connectivity index is 1.79. The molecule has 0 aromatic heterocycles. The molecule has 3 nitrogen and oxygen atoms in total. The van der Waals surface area contributed by atoms with E-state index in [-0.39, 0.29) is 6.10 Å². The molecule has 17 heavy (non-hydrogen) atoms. The van der Waals surface area contributed by atoms with E-state index in [1.54, 1.807) is 0 Å². The molecule has 1 N–H and O–H groups in total. The number of hydrogen-bond acceptors (Lipinski definition) is 3. The molecule has 3 heteroatoms. The zero-order valence-electron chi connectivity index (χ0n) is 11.4. The first kappa shape index (κ1) is 13.3. The van der Waals surface area contributed by atoms with Gasteiger partial charge in [0, 0.05) is 32.2 Å². The molecule has 0 aromatic carbocycles. The highest BCUT2D eigenvalue weighted by atomic mass is 16.3. The first-order valence-corrected chi connectivity index (χ1v) is 7.35. The van der Waals surface area contributed by atoms with Gasteiger partial charge in [-0.15, -0.1) is 0 Å². The van der Waals surface area contributed by atoms with Crippen LogP contribution in [0.15, 0.2) is 0 Å². The minimum absolute atomic E-state index is 0.143. The van der Waals surface area contributed by atoms with E-state index >= 15 is 0 Å². The Kier molecular flexibility index (Phi) is 4.83. The van der Waals surface area contributed by atoms with E-state index in [0.29, 0.717) is 5.92 Å². The van der Waals surface area contributed by atoms with Crippen molar-refractivity contribution < 1.29 is 5.11 Å². The highest BCUT2D eigenvalue weighted by Gasteiger charge is 2.29. The first-order valence-electron chi connectivity index (χ1n) is 7.35.